The summed E-state index contributed by atoms with van der Waals surface area (Å²) < 4.78 is 5.94. The summed E-state index contributed by atoms with van der Waals surface area (Å²) in [5, 5.41) is 0. The van der Waals surface area contributed by atoms with Crippen LogP contribution in [0.3, 0.4) is 0 Å². The smallest absolute Gasteiger partial charge is 0.356 e. The Morgan fingerprint density at radius 1 is 1.50 bits per heavy atom. The summed E-state index contributed by atoms with van der Waals surface area (Å²) in [5.41, 5.74) is 2.71. The van der Waals surface area contributed by atoms with E-state index >= 15 is 0 Å². The van der Waals surface area contributed by atoms with Crippen LogP contribution in [0.15, 0.2) is 10.5 Å². The summed E-state index contributed by atoms with van der Waals surface area (Å²) >= 11 is 3.50. The number of carbonyl (C=O) groups is 1. The van der Waals surface area contributed by atoms with Crippen LogP contribution >= 0.6 is 15.9 Å². The molecule has 0 aromatic carbocycles. The highest BCUT2D eigenvalue weighted by atomic mass is 79.9. The number of ether oxygens (including phenoxy) is 1. The zero-order valence-electron chi connectivity index (χ0n) is 9.25. The van der Waals surface area contributed by atoms with Crippen molar-refractivity contribution in [2.75, 3.05) is 6.61 Å². The molecule has 0 saturated heterocycles. The monoisotopic (exact) mass is 283 g/mol. The lowest BCUT2D eigenvalue weighted by Crippen LogP contribution is -2.13. The second-order valence-corrected chi connectivity index (χ2v) is 4.70. The predicted molar refractivity (Wildman–Crippen MR) is 64.5 cm³/mol. The molecule has 1 aromatic rings. The average Bonchev–Trinajstić information content (AvgIpc) is 2.29. The largest absolute Gasteiger partial charge is 0.461 e. The van der Waals surface area contributed by atoms with Crippen LogP contribution in [0.5, 0.6) is 0 Å². The molecule has 0 fully saturated rings. The number of hydrogen-bond donors (Lipinski definition) is 0. The number of hydrogen-bond acceptors (Lipinski definition) is 3. The first kappa shape index (κ1) is 11.6. The summed E-state index contributed by atoms with van der Waals surface area (Å²) in [5.74, 6) is -0.337. The van der Waals surface area contributed by atoms with E-state index in [1.54, 1.807) is 13.0 Å². The summed E-state index contributed by atoms with van der Waals surface area (Å²) in [6.45, 7) is 2.18. The summed E-state index contributed by atoms with van der Waals surface area (Å²) in [6.07, 6.45) is 4.36. The number of rotatable bonds is 2. The van der Waals surface area contributed by atoms with Gasteiger partial charge in [0.1, 0.15) is 5.69 Å². The van der Waals surface area contributed by atoms with Gasteiger partial charge in [-0.15, -0.1) is 0 Å². The van der Waals surface area contributed by atoms with E-state index in [0.717, 1.165) is 29.4 Å². The van der Waals surface area contributed by atoms with E-state index in [1.807, 2.05) is 0 Å². The van der Waals surface area contributed by atoms with Crippen LogP contribution in [-0.4, -0.2) is 17.6 Å². The Hall–Kier alpha value is -0.900. The summed E-state index contributed by atoms with van der Waals surface area (Å²) in [7, 11) is 0. The first-order valence-corrected chi connectivity index (χ1v) is 6.37. The number of aryl methyl sites for hydroxylation is 1. The second kappa shape index (κ2) is 4.95. The molecule has 0 amide bonds. The maximum absolute atomic E-state index is 11.6. The van der Waals surface area contributed by atoms with Crippen LogP contribution in [0.4, 0.5) is 0 Å². The number of esters is 1. The molecular formula is C12H14BrNO2. The van der Waals surface area contributed by atoms with Crippen molar-refractivity contribution in [2.45, 2.75) is 32.6 Å². The van der Waals surface area contributed by atoms with E-state index in [4.69, 9.17) is 4.74 Å². The maximum atomic E-state index is 11.6. The van der Waals surface area contributed by atoms with E-state index in [1.165, 1.54) is 12.0 Å². The lowest BCUT2D eigenvalue weighted by Gasteiger charge is -2.17. The third kappa shape index (κ3) is 2.26. The Morgan fingerprint density at radius 2 is 2.25 bits per heavy atom. The SMILES string of the molecule is CCOC(=O)c1cc(Br)c2c(n1)CCCC2. The van der Waals surface area contributed by atoms with Crippen molar-refractivity contribution in [3.05, 3.63) is 27.5 Å². The van der Waals surface area contributed by atoms with Crippen molar-refractivity contribution >= 4 is 21.9 Å². The van der Waals surface area contributed by atoms with Gasteiger partial charge in [0.15, 0.2) is 0 Å². The van der Waals surface area contributed by atoms with E-state index in [2.05, 4.69) is 20.9 Å². The molecule has 3 nitrogen and oxygen atoms in total. The minimum absolute atomic E-state index is 0.337. The zero-order valence-corrected chi connectivity index (χ0v) is 10.8. The molecule has 0 bridgehead atoms. The van der Waals surface area contributed by atoms with E-state index < -0.39 is 0 Å². The maximum Gasteiger partial charge on any atom is 0.356 e. The quantitative estimate of drug-likeness (QED) is 0.784. The van der Waals surface area contributed by atoms with Gasteiger partial charge < -0.3 is 4.74 Å². The molecule has 1 aromatic heterocycles. The second-order valence-electron chi connectivity index (χ2n) is 3.84. The minimum atomic E-state index is -0.337. The number of aromatic nitrogens is 1. The van der Waals surface area contributed by atoms with Gasteiger partial charge in [-0.1, -0.05) is 15.9 Å². The molecule has 0 spiro atoms. The molecule has 1 aliphatic rings. The van der Waals surface area contributed by atoms with Gasteiger partial charge >= 0.3 is 5.97 Å². The average molecular weight is 284 g/mol. The summed E-state index contributed by atoms with van der Waals surface area (Å²) in [4.78, 5) is 16.0. The van der Waals surface area contributed by atoms with Crippen molar-refractivity contribution < 1.29 is 9.53 Å². The number of pyridine rings is 1. The number of fused-ring (bicyclic) bond motifs is 1. The summed E-state index contributed by atoms with van der Waals surface area (Å²) in [6, 6.07) is 1.77. The molecule has 0 N–H and O–H groups in total. The number of halogens is 1. The Balaban J connectivity index is 2.35. The molecule has 0 aliphatic heterocycles. The van der Waals surface area contributed by atoms with Gasteiger partial charge in [-0.2, -0.15) is 0 Å². The van der Waals surface area contributed by atoms with Crippen LogP contribution in [0.2, 0.25) is 0 Å². The predicted octanol–water partition coefficient (Wildman–Crippen LogP) is 2.90. The van der Waals surface area contributed by atoms with E-state index in [9.17, 15) is 4.79 Å². The van der Waals surface area contributed by atoms with Crippen LogP contribution < -0.4 is 0 Å². The molecule has 1 heterocycles. The molecular weight excluding hydrogens is 270 g/mol. The standard InChI is InChI=1S/C12H14BrNO2/c1-2-16-12(15)11-7-9(13)8-5-3-4-6-10(8)14-11/h7H,2-6H2,1H3. The fraction of sp³-hybridized carbons (Fsp3) is 0.500. The first-order chi connectivity index (χ1) is 7.72. The topological polar surface area (TPSA) is 39.2 Å². The van der Waals surface area contributed by atoms with Gasteiger partial charge in [0, 0.05) is 10.2 Å². The Labute approximate surface area is 103 Å². The molecule has 1 aliphatic carbocycles. The van der Waals surface area contributed by atoms with Crippen molar-refractivity contribution in [1.82, 2.24) is 4.98 Å². The van der Waals surface area contributed by atoms with E-state index in [0.29, 0.717) is 12.3 Å². The van der Waals surface area contributed by atoms with Gasteiger partial charge in [-0.25, -0.2) is 9.78 Å². The normalized spacial score (nSPS) is 14.4. The van der Waals surface area contributed by atoms with Crippen LogP contribution in [0, 0.1) is 0 Å². The van der Waals surface area contributed by atoms with Crippen molar-refractivity contribution in [1.29, 1.82) is 0 Å². The Bertz CT molecular complexity index is 418. The Morgan fingerprint density at radius 3 is 3.00 bits per heavy atom. The van der Waals surface area contributed by atoms with Gasteiger partial charge in [0.05, 0.1) is 6.61 Å². The van der Waals surface area contributed by atoms with Crippen molar-refractivity contribution in [3.63, 3.8) is 0 Å². The number of nitrogens with zero attached hydrogens (tertiary/aromatic N) is 1. The third-order valence-electron chi connectivity index (χ3n) is 2.73. The Kier molecular flexibility index (Phi) is 3.59. The third-order valence-corrected chi connectivity index (χ3v) is 3.44. The molecule has 16 heavy (non-hydrogen) atoms. The van der Waals surface area contributed by atoms with Gasteiger partial charge in [-0.05, 0) is 44.2 Å². The molecule has 0 atom stereocenters. The van der Waals surface area contributed by atoms with Crippen molar-refractivity contribution in [3.8, 4) is 0 Å². The molecule has 4 heteroatoms. The lowest BCUT2D eigenvalue weighted by molar-refractivity contribution is 0.0519. The highest BCUT2D eigenvalue weighted by molar-refractivity contribution is 9.10. The molecule has 2 rings (SSSR count). The fourth-order valence-electron chi connectivity index (χ4n) is 1.96. The molecule has 0 unspecified atom stereocenters. The van der Waals surface area contributed by atoms with E-state index in [-0.39, 0.29) is 5.97 Å². The molecule has 86 valence electrons. The highest BCUT2D eigenvalue weighted by Gasteiger charge is 2.18. The van der Waals surface area contributed by atoms with Gasteiger partial charge in [-0.3, -0.25) is 0 Å². The minimum Gasteiger partial charge on any atom is -0.461 e. The lowest BCUT2D eigenvalue weighted by atomic mass is 9.96. The number of carbonyl (C=O) groups excluding carboxylic acids is 1. The van der Waals surface area contributed by atoms with Gasteiger partial charge in [0.2, 0.25) is 0 Å². The molecule has 0 saturated carbocycles. The zero-order chi connectivity index (χ0) is 11.5. The highest BCUT2D eigenvalue weighted by Crippen LogP contribution is 2.27. The fourth-order valence-corrected chi connectivity index (χ4v) is 2.61. The van der Waals surface area contributed by atoms with Gasteiger partial charge in [0.25, 0.3) is 0 Å². The first-order valence-electron chi connectivity index (χ1n) is 5.57. The van der Waals surface area contributed by atoms with Crippen molar-refractivity contribution in [2.24, 2.45) is 0 Å². The molecule has 0 radical (unpaired) electrons. The van der Waals surface area contributed by atoms with Crippen LogP contribution in [-0.2, 0) is 17.6 Å². The van der Waals surface area contributed by atoms with Crippen LogP contribution in [0.1, 0.15) is 41.5 Å². The van der Waals surface area contributed by atoms with Crippen LogP contribution in [0.25, 0.3) is 0 Å².